The molecule has 1 nitrogen and oxygen atoms in total. The number of hydrogen-bond acceptors (Lipinski definition) is 2. The van der Waals surface area contributed by atoms with E-state index in [2.05, 4.69) is 47.9 Å². The van der Waals surface area contributed by atoms with Gasteiger partial charge in [-0.15, -0.1) is 11.3 Å². The third kappa shape index (κ3) is 3.56. The highest BCUT2D eigenvalue weighted by Crippen LogP contribution is 2.25. The first kappa shape index (κ1) is 11.5. The first-order chi connectivity index (χ1) is 6.13. The molecule has 74 valence electrons. The quantitative estimate of drug-likeness (QED) is 0.842. The molecule has 1 heterocycles. The molecule has 1 aromatic heterocycles. The minimum absolute atomic E-state index is 0.231. The van der Waals surface area contributed by atoms with Crippen LogP contribution >= 0.6 is 33.9 Å². The van der Waals surface area contributed by atoms with Gasteiger partial charge in [-0.3, -0.25) is 0 Å². The molecule has 2 unspecified atom stereocenters. The minimum atomic E-state index is 0.231. The van der Waals surface area contributed by atoms with Crippen molar-refractivity contribution in [2.24, 2.45) is 11.7 Å². The summed E-state index contributed by atoms with van der Waals surface area (Å²) in [6.07, 6.45) is 2.32. The Balaban J connectivity index is 2.53. The van der Waals surface area contributed by atoms with Gasteiger partial charge in [-0.25, -0.2) is 0 Å². The van der Waals surface area contributed by atoms with Gasteiger partial charge in [-0.1, -0.05) is 20.3 Å². The van der Waals surface area contributed by atoms with Crippen molar-refractivity contribution < 1.29 is 0 Å². The highest BCUT2D eigenvalue weighted by molar-refractivity contribution is 14.1. The van der Waals surface area contributed by atoms with Crippen LogP contribution in [-0.4, -0.2) is 0 Å². The topological polar surface area (TPSA) is 26.0 Å². The van der Waals surface area contributed by atoms with Crippen LogP contribution in [0, 0.1) is 8.80 Å². The molecule has 0 aliphatic heterocycles. The van der Waals surface area contributed by atoms with Crippen LogP contribution in [0.15, 0.2) is 11.4 Å². The molecule has 2 atom stereocenters. The zero-order valence-electron chi connectivity index (χ0n) is 8.09. The molecule has 13 heavy (non-hydrogen) atoms. The van der Waals surface area contributed by atoms with Crippen LogP contribution in [0.3, 0.4) is 0 Å². The average Bonchev–Trinajstić information content (AvgIpc) is 2.51. The van der Waals surface area contributed by atoms with Crippen LogP contribution in [0.1, 0.15) is 38.3 Å². The van der Waals surface area contributed by atoms with Gasteiger partial charge in [0.15, 0.2) is 0 Å². The summed E-state index contributed by atoms with van der Waals surface area (Å²) in [5.41, 5.74) is 7.39. The van der Waals surface area contributed by atoms with Crippen molar-refractivity contribution in [2.75, 3.05) is 0 Å². The Kier molecular flexibility index (Phi) is 4.69. The Labute approximate surface area is 97.9 Å². The maximum Gasteiger partial charge on any atom is 0.0656 e. The smallest absolute Gasteiger partial charge is 0.0656 e. The van der Waals surface area contributed by atoms with E-state index in [1.165, 1.54) is 14.9 Å². The summed E-state index contributed by atoms with van der Waals surface area (Å²) in [6.45, 7) is 4.48. The Hall–Kier alpha value is 0.390. The van der Waals surface area contributed by atoms with Crippen LogP contribution < -0.4 is 5.73 Å². The van der Waals surface area contributed by atoms with Crippen molar-refractivity contribution >= 4 is 33.9 Å². The van der Waals surface area contributed by atoms with Gasteiger partial charge in [0, 0.05) is 6.04 Å². The predicted octanol–water partition coefficient (Wildman–Crippen LogP) is 3.79. The molecule has 0 aliphatic carbocycles. The Morgan fingerprint density at radius 1 is 1.62 bits per heavy atom. The minimum Gasteiger partial charge on any atom is -0.324 e. The SMILES string of the molecule is CCC(C)CC(N)c1csc(I)c1. The van der Waals surface area contributed by atoms with Crippen molar-refractivity contribution in [3.63, 3.8) is 0 Å². The number of thiophene rings is 1. The Morgan fingerprint density at radius 2 is 2.31 bits per heavy atom. The second kappa shape index (κ2) is 5.32. The molecule has 0 saturated carbocycles. The van der Waals surface area contributed by atoms with E-state index in [1.807, 2.05) is 0 Å². The molecule has 3 heteroatoms. The standard InChI is InChI=1S/C10H16INS/c1-3-7(2)4-9(12)8-5-10(11)13-6-8/h5-7,9H,3-4,12H2,1-2H3. The van der Waals surface area contributed by atoms with Crippen molar-refractivity contribution in [3.8, 4) is 0 Å². The summed E-state index contributed by atoms with van der Waals surface area (Å²) < 4.78 is 1.33. The maximum atomic E-state index is 6.09. The van der Waals surface area contributed by atoms with E-state index in [0.29, 0.717) is 0 Å². The van der Waals surface area contributed by atoms with Gasteiger partial charge in [0.25, 0.3) is 0 Å². The predicted molar refractivity (Wildman–Crippen MR) is 68.0 cm³/mol. The fourth-order valence-corrected chi connectivity index (χ4v) is 2.69. The average molecular weight is 309 g/mol. The van der Waals surface area contributed by atoms with Crippen LogP contribution in [0.4, 0.5) is 0 Å². The molecule has 0 bridgehead atoms. The number of hydrogen-bond donors (Lipinski definition) is 1. The number of halogens is 1. The van der Waals surface area contributed by atoms with Gasteiger partial charge in [0.2, 0.25) is 0 Å². The zero-order chi connectivity index (χ0) is 9.84. The molecule has 0 aliphatic rings. The van der Waals surface area contributed by atoms with Crippen LogP contribution in [0.5, 0.6) is 0 Å². The van der Waals surface area contributed by atoms with E-state index in [-0.39, 0.29) is 6.04 Å². The van der Waals surface area contributed by atoms with E-state index < -0.39 is 0 Å². The van der Waals surface area contributed by atoms with Crippen molar-refractivity contribution in [3.05, 3.63) is 19.9 Å². The lowest BCUT2D eigenvalue weighted by molar-refractivity contribution is 0.462. The molecule has 0 amide bonds. The summed E-state index contributed by atoms with van der Waals surface area (Å²) in [7, 11) is 0. The normalized spacial score (nSPS) is 15.7. The molecular weight excluding hydrogens is 293 g/mol. The summed E-state index contributed by atoms with van der Waals surface area (Å²) in [6, 6.07) is 2.42. The first-order valence-corrected chi connectivity index (χ1v) is 6.58. The second-order valence-corrected chi connectivity index (χ2v) is 6.35. The van der Waals surface area contributed by atoms with E-state index in [4.69, 9.17) is 5.73 Å². The van der Waals surface area contributed by atoms with E-state index in [1.54, 1.807) is 11.3 Å². The molecule has 0 spiro atoms. The summed E-state index contributed by atoms with van der Waals surface area (Å²) in [5, 5.41) is 2.18. The Bertz CT molecular complexity index is 259. The maximum absolute atomic E-state index is 6.09. The van der Waals surface area contributed by atoms with Crippen LogP contribution in [0.2, 0.25) is 0 Å². The lowest BCUT2D eigenvalue weighted by Crippen LogP contribution is -2.12. The lowest BCUT2D eigenvalue weighted by Gasteiger charge is -2.14. The van der Waals surface area contributed by atoms with Gasteiger partial charge < -0.3 is 5.73 Å². The second-order valence-electron chi connectivity index (χ2n) is 3.54. The van der Waals surface area contributed by atoms with Crippen LogP contribution in [-0.2, 0) is 0 Å². The lowest BCUT2D eigenvalue weighted by atomic mass is 9.97. The molecule has 1 aromatic rings. The zero-order valence-corrected chi connectivity index (χ0v) is 11.1. The van der Waals surface area contributed by atoms with Gasteiger partial charge in [-0.05, 0) is 51.9 Å². The molecule has 0 radical (unpaired) electrons. The van der Waals surface area contributed by atoms with E-state index in [9.17, 15) is 0 Å². The van der Waals surface area contributed by atoms with Crippen molar-refractivity contribution in [2.45, 2.75) is 32.7 Å². The number of rotatable bonds is 4. The largest absolute Gasteiger partial charge is 0.324 e. The first-order valence-electron chi connectivity index (χ1n) is 4.63. The molecular formula is C10H16INS. The third-order valence-electron chi connectivity index (χ3n) is 2.37. The molecule has 2 N–H and O–H groups in total. The van der Waals surface area contributed by atoms with Gasteiger partial charge >= 0.3 is 0 Å². The third-order valence-corrected chi connectivity index (χ3v) is 4.18. The molecule has 0 aromatic carbocycles. The van der Waals surface area contributed by atoms with Crippen molar-refractivity contribution in [1.29, 1.82) is 0 Å². The van der Waals surface area contributed by atoms with E-state index >= 15 is 0 Å². The molecule has 1 rings (SSSR count). The highest BCUT2D eigenvalue weighted by atomic mass is 127. The van der Waals surface area contributed by atoms with Crippen LogP contribution in [0.25, 0.3) is 0 Å². The highest BCUT2D eigenvalue weighted by Gasteiger charge is 2.10. The number of nitrogens with two attached hydrogens (primary N) is 1. The fourth-order valence-electron chi connectivity index (χ4n) is 1.25. The Morgan fingerprint density at radius 3 is 2.77 bits per heavy atom. The van der Waals surface area contributed by atoms with Gasteiger partial charge in [0.05, 0.1) is 2.88 Å². The summed E-state index contributed by atoms with van der Waals surface area (Å²) >= 11 is 4.11. The monoisotopic (exact) mass is 309 g/mol. The summed E-state index contributed by atoms with van der Waals surface area (Å²) in [5.74, 6) is 0.729. The van der Waals surface area contributed by atoms with Gasteiger partial charge in [-0.2, -0.15) is 0 Å². The van der Waals surface area contributed by atoms with Gasteiger partial charge in [0.1, 0.15) is 0 Å². The van der Waals surface area contributed by atoms with Crippen molar-refractivity contribution in [1.82, 2.24) is 0 Å². The molecule has 0 saturated heterocycles. The summed E-state index contributed by atoms with van der Waals surface area (Å²) in [4.78, 5) is 0. The molecule has 0 fully saturated rings. The van der Waals surface area contributed by atoms with E-state index in [0.717, 1.165) is 12.3 Å². The fraction of sp³-hybridized carbons (Fsp3) is 0.600.